The van der Waals surface area contributed by atoms with Crippen molar-refractivity contribution < 1.29 is 4.74 Å². The van der Waals surface area contributed by atoms with Gasteiger partial charge in [-0.25, -0.2) is 4.98 Å². The van der Waals surface area contributed by atoms with E-state index in [0.717, 1.165) is 43.8 Å². The Bertz CT molecular complexity index is 671. The van der Waals surface area contributed by atoms with E-state index in [1.807, 2.05) is 6.20 Å². The van der Waals surface area contributed by atoms with Crippen molar-refractivity contribution in [2.45, 2.75) is 19.5 Å². The summed E-state index contributed by atoms with van der Waals surface area (Å²) in [5.41, 5.74) is 0. The van der Waals surface area contributed by atoms with Gasteiger partial charge in [0, 0.05) is 42.6 Å². The SMILES string of the molecule is CN=C(NCc1ncc(C)s1)NCC(c1cccs1)N1CCOCC1.I. The number of nitrogens with zero attached hydrogens (tertiary/aromatic N) is 3. The first-order chi connectivity index (χ1) is 12.3. The number of aryl methyl sites for hydroxylation is 1. The molecule has 6 nitrogen and oxygen atoms in total. The molecule has 26 heavy (non-hydrogen) atoms. The third-order valence-electron chi connectivity index (χ3n) is 4.12. The van der Waals surface area contributed by atoms with Gasteiger partial charge in [-0.3, -0.25) is 9.89 Å². The second-order valence-corrected chi connectivity index (χ2v) is 8.15. The van der Waals surface area contributed by atoms with Crippen LogP contribution in [0.5, 0.6) is 0 Å². The minimum atomic E-state index is 0. The Morgan fingerprint density at radius 1 is 1.38 bits per heavy atom. The average Bonchev–Trinajstić information content (AvgIpc) is 3.31. The van der Waals surface area contributed by atoms with Gasteiger partial charge in [-0.2, -0.15) is 0 Å². The fourth-order valence-corrected chi connectivity index (χ4v) is 4.42. The third-order valence-corrected chi connectivity index (χ3v) is 6.01. The number of thiophene rings is 1. The molecule has 1 unspecified atom stereocenters. The van der Waals surface area contributed by atoms with Crippen molar-refractivity contribution in [3.05, 3.63) is 38.5 Å². The maximum Gasteiger partial charge on any atom is 0.191 e. The second kappa shape index (κ2) is 11.2. The van der Waals surface area contributed by atoms with Crippen LogP contribution in [0.1, 0.15) is 20.8 Å². The molecule has 0 aromatic carbocycles. The van der Waals surface area contributed by atoms with Crippen LogP contribution in [0.2, 0.25) is 0 Å². The highest BCUT2D eigenvalue weighted by Crippen LogP contribution is 2.25. The van der Waals surface area contributed by atoms with E-state index in [1.165, 1.54) is 9.75 Å². The summed E-state index contributed by atoms with van der Waals surface area (Å²) in [6, 6.07) is 4.66. The zero-order valence-corrected chi connectivity index (χ0v) is 19.1. The molecule has 1 saturated heterocycles. The fourth-order valence-electron chi connectivity index (χ4n) is 2.84. The first-order valence-electron chi connectivity index (χ1n) is 8.47. The lowest BCUT2D eigenvalue weighted by Gasteiger charge is -2.34. The normalized spacial score (nSPS) is 16.8. The first-order valence-corrected chi connectivity index (χ1v) is 10.2. The highest BCUT2D eigenvalue weighted by molar-refractivity contribution is 14.0. The first kappa shape index (κ1) is 21.5. The lowest BCUT2D eigenvalue weighted by Crippen LogP contribution is -2.46. The lowest BCUT2D eigenvalue weighted by atomic mass is 10.2. The van der Waals surface area contributed by atoms with Crippen molar-refractivity contribution in [3.8, 4) is 0 Å². The van der Waals surface area contributed by atoms with Crippen molar-refractivity contribution >= 4 is 52.6 Å². The molecule has 0 radical (unpaired) electrons. The molecule has 2 N–H and O–H groups in total. The number of guanidine groups is 1. The average molecular weight is 507 g/mol. The van der Waals surface area contributed by atoms with E-state index >= 15 is 0 Å². The van der Waals surface area contributed by atoms with Crippen molar-refractivity contribution in [2.24, 2.45) is 4.99 Å². The molecule has 2 aromatic heterocycles. The number of rotatable bonds is 6. The fraction of sp³-hybridized carbons (Fsp3) is 0.529. The van der Waals surface area contributed by atoms with Crippen LogP contribution in [-0.2, 0) is 11.3 Å². The molecule has 0 amide bonds. The van der Waals surface area contributed by atoms with E-state index in [-0.39, 0.29) is 24.0 Å². The molecule has 3 heterocycles. The molecule has 2 aromatic rings. The van der Waals surface area contributed by atoms with Gasteiger partial charge in [-0.05, 0) is 18.4 Å². The zero-order chi connectivity index (χ0) is 17.5. The summed E-state index contributed by atoms with van der Waals surface area (Å²) in [7, 11) is 1.80. The van der Waals surface area contributed by atoms with E-state index in [0.29, 0.717) is 12.6 Å². The molecule has 144 valence electrons. The molecule has 9 heteroatoms. The minimum Gasteiger partial charge on any atom is -0.379 e. The van der Waals surface area contributed by atoms with Crippen LogP contribution < -0.4 is 10.6 Å². The number of hydrogen-bond acceptors (Lipinski definition) is 6. The number of aromatic nitrogens is 1. The van der Waals surface area contributed by atoms with Gasteiger partial charge in [-0.1, -0.05) is 6.07 Å². The van der Waals surface area contributed by atoms with E-state index in [9.17, 15) is 0 Å². The molecular weight excluding hydrogens is 481 g/mol. The van der Waals surface area contributed by atoms with Gasteiger partial charge in [0.05, 0.1) is 25.8 Å². The largest absolute Gasteiger partial charge is 0.379 e. The molecule has 1 aliphatic rings. The number of ether oxygens (including phenoxy) is 1. The number of aliphatic imine (C=N–C) groups is 1. The van der Waals surface area contributed by atoms with Crippen molar-refractivity contribution in [2.75, 3.05) is 39.9 Å². The zero-order valence-electron chi connectivity index (χ0n) is 15.1. The van der Waals surface area contributed by atoms with Crippen LogP contribution in [0.3, 0.4) is 0 Å². The van der Waals surface area contributed by atoms with E-state index < -0.39 is 0 Å². The smallest absolute Gasteiger partial charge is 0.191 e. The summed E-state index contributed by atoms with van der Waals surface area (Å²) in [6.45, 7) is 7.12. The molecule has 3 rings (SSSR count). The summed E-state index contributed by atoms with van der Waals surface area (Å²) in [5.74, 6) is 0.808. The topological polar surface area (TPSA) is 61.8 Å². The van der Waals surface area contributed by atoms with Crippen molar-refractivity contribution in [3.63, 3.8) is 0 Å². The van der Waals surface area contributed by atoms with Crippen LogP contribution >= 0.6 is 46.7 Å². The summed E-state index contributed by atoms with van der Waals surface area (Å²) < 4.78 is 5.50. The summed E-state index contributed by atoms with van der Waals surface area (Å²) >= 11 is 3.51. The number of nitrogens with one attached hydrogen (secondary N) is 2. The monoisotopic (exact) mass is 507 g/mol. The molecule has 0 saturated carbocycles. The number of thiazole rings is 1. The van der Waals surface area contributed by atoms with Crippen LogP contribution in [0, 0.1) is 6.92 Å². The lowest BCUT2D eigenvalue weighted by molar-refractivity contribution is 0.0177. The Balaban J connectivity index is 0.00000243. The maximum absolute atomic E-state index is 5.50. The Labute approximate surface area is 180 Å². The highest BCUT2D eigenvalue weighted by atomic mass is 127. The Hall–Kier alpha value is -0.750. The van der Waals surface area contributed by atoms with Gasteiger partial charge in [-0.15, -0.1) is 46.7 Å². The molecule has 1 atom stereocenters. The van der Waals surface area contributed by atoms with Crippen LogP contribution in [0.4, 0.5) is 0 Å². The van der Waals surface area contributed by atoms with Gasteiger partial charge in [0.2, 0.25) is 0 Å². The molecular formula is C17H26IN5OS2. The maximum atomic E-state index is 5.50. The minimum absolute atomic E-state index is 0. The summed E-state index contributed by atoms with van der Waals surface area (Å²) in [5, 5.41) is 10.0. The van der Waals surface area contributed by atoms with Crippen LogP contribution in [0.15, 0.2) is 28.7 Å². The predicted octanol–water partition coefficient (Wildman–Crippen LogP) is 2.87. The van der Waals surface area contributed by atoms with E-state index in [4.69, 9.17) is 4.74 Å². The number of morpholine rings is 1. The highest BCUT2D eigenvalue weighted by Gasteiger charge is 2.23. The molecule has 0 aliphatic carbocycles. The van der Waals surface area contributed by atoms with Crippen molar-refractivity contribution in [1.29, 1.82) is 0 Å². The van der Waals surface area contributed by atoms with Gasteiger partial charge in [0.15, 0.2) is 5.96 Å². The van der Waals surface area contributed by atoms with Crippen LogP contribution in [-0.4, -0.2) is 55.7 Å². The quantitative estimate of drug-likeness (QED) is 0.358. The van der Waals surface area contributed by atoms with Crippen molar-refractivity contribution in [1.82, 2.24) is 20.5 Å². The number of hydrogen-bond donors (Lipinski definition) is 2. The Kier molecular flexibility index (Phi) is 9.26. The Morgan fingerprint density at radius 2 is 2.19 bits per heavy atom. The van der Waals surface area contributed by atoms with Gasteiger partial charge in [0.1, 0.15) is 5.01 Å². The molecule has 1 fully saturated rings. The second-order valence-electron chi connectivity index (χ2n) is 5.85. The molecule has 0 spiro atoms. The summed E-state index contributed by atoms with van der Waals surface area (Å²) in [4.78, 5) is 13.8. The molecule has 1 aliphatic heterocycles. The predicted molar refractivity (Wildman–Crippen MR) is 120 cm³/mol. The van der Waals surface area contributed by atoms with Gasteiger partial charge < -0.3 is 15.4 Å². The standard InChI is InChI=1S/C17H25N5OS2.HI/c1-13-10-19-16(25-13)12-21-17(18-2)20-11-14(15-4-3-9-24-15)22-5-7-23-8-6-22;/h3-4,9-10,14H,5-8,11-12H2,1-2H3,(H2,18,20,21);1H. The summed E-state index contributed by atoms with van der Waals surface area (Å²) in [6.07, 6.45) is 1.91. The van der Waals surface area contributed by atoms with E-state index in [2.05, 4.69) is 49.9 Å². The molecule has 0 bridgehead atoms. The third kappa shape index (κ3) is 6.15. The Morgan fingerprint density at radius 3 is 2.81 bits per heavy atom. The van der Waals surface area contributed by atoms with E-state index in [1.54, 1.807) is 29.7 Å². The van der Waals surface area contributed by atoms with Gasteiger partial charge >= 0.3 is 0 Å². The van der Waals surface area contributed by atoms with Gasteiger partial charge in [0.25, 0.3) is 0 Å². The number of halogens is 1. The van der Waals surface area contributed by atoms with Crippen LogP contribution in [0.25, 0.3) is 0 Å².